The van der Waals surface area contributed by atoms with E-state index in [1.54, 1.807) is 0 Å². The highest BCUT2D eigenvalue weighted by molar-refractivity contribution is 7.90. The van der Waals surface area contributed by atoms with E-state index in [0.717, 1.165) is 5.56 Å². The van der Waals surface area contributed by atoms with E-state index in [1.807, 2.05) is 0 Å². The predicted molar refractivity (Wildman–Crippen MR) is 55.6 cm³/mol. The Kier molecular flexibility index (Phi) is 2.48. The number of sulfonamides is 1. The number of rotatable bonds is 2. The SMILES string of the molecule is NC(N)=NS(=O)(=O)c1ncc2c(n1)CNC2. The maximum atomic E-state index is 11.5. The molecule has 0 aromatic carbocycles. The van der Waals surface area contributed by atoms with Gasteiger partial charge in [-0.15, -0.1) is 4.40 Å². The summed E-state index contributed by atoms with van der Waals surface area (Å²) in [7, 11) is -3.99. The lowest BCUT2D eigenvalue weighted by molar-refractivity contribution is 0.587. The van der Waals surface area contributed by atoms with Crippen molar-refractivity contribution in [1.82, 2.24) is 15.3 Å². The van der Waals surface area contributed by atoms with Gasteiger partial charge in [0, 0.05) is 24.8 Å². The molecule has 1 aromatic rings. The van der Waals surface area contributed by atoms with Gasteiger partial charge in [0.2, 0.25) is 5.96 Å². The fraction of sp³-hybridized carbons (Fsp3) is 0.286. The van der Waals surface area contributed by atoms with Crippen molar-refractivity contribution < 1.29 is 8.42 Å². The van der Waals surface area contributed by atoms with Gasteiger partial charge in [-0.05, 0) is 0 Å². The second kappa shape index (κ2) is 3.68. The quantitative estimate of drug-likeness (QED) is 0.311. The molecule has 1 aromatic heterocycles. The molecule has 1 aliphatic heterocycles. The van der Waals surface area contributed by atoms with Crippen LogP contribution in [0, 0.1) is 0 Å². The van der Waals surface area contributed by atoms with Crippen molar-refractivity contribution >= 4 is 16.0 Å². The summed E-state index contributed by atoms with van der Waals surface area (Å²) in [6, 6.07) is 0. The minimum absolute atomic E-state index is 0.386. The summed E-state index contributed by atoms with van der Waals surface area (Å²) in [4.78, 5) is 7.62. The molecule has 9 heteroatoms. The smallest absolute Gasteiger partial charge is 0.321 e. The molecule has 0 spiro atoms. The van der Waals surface area contributed by atoms with Gasteiger partial charge in [-0.2, -0.15) is 8.42 Å². The van der Waals surface area contributed by atoms with Gasteiger partial charge in [-0.3, -0.25) is 0 Å². The summed E-state index contributed by atoms with van der Waals surface area (Å²) in [5, 5.41) is 2.64. The molecule has 8 nitrogen and oxygen atoms in total. The van der Waals surface area contributed by atoms with Crippen molar-refractivity contribution in [3.63, 3.8) is 0 Å². The van der Waals surface area contributed by atoms with Crippen LogP contribution in [0.5, 0.6) is 0 Å². The summed E-state index contributed by atoms with van der Waals surface area (Å²) < 4.78 is 26.2. The van der Waals surface area contributed by atoms with Crippen LogP contribution >= 0.6 is 0 Å². The van der Waals surface area contributed by atoms with E-state index >= 15 is 0 Å². The number of hydrogen-bond acceptors (Lipinski definition) is 5. The lowest BCUT2D eigenvalue weighted by Crippen LogP contribution is -2.24. The molecular formula is C7H10N6O2S. The largest absolute Gasteiger partial charge is 0.369 e. The minimum atomic E-state index is -3.99. The number of nitrogens with zero attached hydrogens (tertiary/aromatic N) is 3. The van der Waals surface area contributed by atoms with Gasteiger partial charge in [0.05, 0.1) is 5.69 Å². The summed E-state index contributed by atoms with van der Waals surface area (Å²) in [5.74, 6) is -0.540. The number of fused-ring (bicyclic) bond motifs is 1. The van der Waals surface area contributed by atoms with Crippen molar-refractivity contribution in [3.8, 4) is 0 Å². The molecule has 0 atom stereocenters. The molecule has 0 aliphatic carbocycles. The summed E-state index contributed by atoms with van der Waals surface area (Å²) >= 11 is 0. The Morgan fingerprint density at radius 2 is 2.19 bits per heavy atom. The first kappa shape index (κ1) is 10.8. The van der Waals surface area contributed by atoms with E-state index in [9.17, 15) is 8.42 Å². The van der Waals surface area contributed by atoms with Crippen LogP contribution in [0.1, 0.15) is 11.3 Å². The Morgan fingerprint density at radius 1 is 1.44 bits per heavy atom. The number of hydrogen-bond donors (Lipinski definition) is 3. The van der Waals surface area contributed by atoms with Gasteiger partial charge in [-0.25, -0.2) is 9.97 Å². The second-order valence-electron chi connectivity index (χ2n) is 3.22. The molecule has 0 saturated heterocycles. The van der Waals surface area contributed by atoms with Crippen molar-refractivity contribution in [2.45, 2.75) is 18.2 Å². The number of guanidine groups is 1. The Labute approximate surface area is 91.8 Å². The van der Waals surface area contributed by atoms with E-state index in [0.29, 0.717) is 18.8 Å². The lowest BCUT2D eigenvalue weighted by atomic mass is 10.3. The zero-order valence-electron chi connectivity index (χ0n) is 8.21. The Bertz CT molecular complexity index is 548. The van der Waals surface area contributed by atoms with Crippen LogP contribution in [0.2, 0.25) is 0 Å². The molecule has 0 bridgehead atoms. The maximum Gasteiger partial charge on any atom is 0.321 e. The molecule has 2 rings (SSSR count). The first-order valence-electron chi connectivity index (χ1n) is 4.40. The van der Waals surface area contributed by atoms with Crippen LogP contribution in [0.4, 0.5) is 0 Å². The predicted octanol–water partition coefficient (Wildman–Crippen LogP) is -1.96. The summed E-state index contributed by atoms with van der Waals surface area (Å²) in [6.07, 6.45) is 1.46. The Balaban J connectivity index is 2.46. The molecule has 86 valence electrons. The van der Waals surface area contributed by atoms with Gasteiger partial charge in [0.25, 0.3) is 5.16 Å². The monoisotopic (exact) mass is 242 g/mol. The highest BCUT2D eigenvalue weighted by Gasteiger charge is 2.21. The molecule has 5 N–H and O–H groups in total. The standard InChI is InChI=1S/C7H10N6O2S/c8-6(9)13-16(14,15)7-11-2-4-1-10-3-5(4)12-7/h2,10H,1,3H2,(H4,8,9,13). The fourth-order valence-electron chi connectivity index (χ4n) is 1.34. The maximum absolute atomic E-state index is 11.5. The van der Waals surface area contributed by atoms with Crippen molar-refractivity contribution in [3.05, 3.63) is 17.5 Å². The topological polar surface area (TPSA) is 136 Å². The van der Waals surface area contributed by atoms with Gasteiger partial charge < -0.3 is 16.8 Å². The van der Waals surface area contributed by atoms with E-state index in [2.05, 4.69) is 19.7 Å². The average Bonchev–Trinajstić information content (AvgIpc) is 2.61. The van der Waals surface area contributed by atoms with Crippen molar-refractivity contribution in [2.24, 2.45) is 15.9 Å². The summed E-state index contributed by atoms with van der Waals surface area (Å²) in [6.45, 7) is 1.15. The van der Waals surface area contributed by atoms with E-state index < -0.39 is 16.0 Å². The molecule has 0 radical (unpaired) electrons. The molecule has 0 unspecified atom stereocenters. The number of aromatic nitrogens is 2. The van der Waals surface area contributed by atoms with Gasteiger partial charge in [-0.1, -0.05) is 0 Å². The zero-order valence-corrected chi connectivity index (χ0v) is 9.03. The normalized spacial score (nSPS) is 14.5. The first-order valence-corrected chi connectivity index (χ1v) is 5.84. The average molecular weight is 242 g/mol. The molecular weight excluding hydrogens is 232 g/mol. The lowest BCUT2D eigenvalue weighted by Gasteiger charge is -2.00. The van der Waals surface area contributed by atoms with Crippen LogP contribution in [-0.2, 0) is 23.1 Å². The fourth-order valence-corrected chi connectivity index (χ4v) is 2.11. The highest BCUT2D eigenvalue weighted by atomic mass is 32.2. The van der Waals surface area contributed by atoms with E-state index in [1.165, 1.54) is 6.20 Å². The molecule has 16 heavy (non-hydrogen) atoms. The third kappa shape index (κ3) is 1.95. The molecule has 1 aliphatic rings. The van der Waals surface area contributed by atoms with Crippen LogP contribution < -0.4 is 16.8 Å². The van der Waals surface area contributed by atoms with Crippen molar-refractivity contribution in [1.29, 1.82) is 0 Å². The van der Waals surface area contributed by atoms with Crippen molar-refractivity contribution in [2.75, 3.05) is 0 Å². The molecule has 0 fully saturated rings. The third-order valence-corrected chi connectivity index (χ3v) is 3.11. The Hall–Kier alpha value is -1.74. The first-order chi connectivity index (χ1) is 7.49. The molecule has 0 amide bonds. The van der Waals surface area contributed by atoms with Gasteiger partial charge in [0.15, 0.2) is 0 Å². The second-order valence-corrected chi connectivity index (χ2v) is 4.72. The third-order valence-electron chi connectivity index (χ3n) is 2.00. The molecule has 0 saturated carbocycles. The van der Waals surface area contributed by atoms with E-state index in [4.69, 9.17) is 11.5 Å². The minimum Gasteiger partial charge on any atom is -0.369 e. The summed E-state index contributed by atoms with van der Waals surface area (Å²) in [5.41, 5.74) is 11.5. The van der Waals surface area contributed by atoms with Crippen LogP contribution in [-0.4, -0.2) is 24.3 Å². The van der Waals surface area contributed by atoms with Gasteiger partial charge in [0.1, 0.15) is 0 Å². The number of nitrogens with two attached hydrogens (primary N) is 2. The Morgan fingerprint density at radius 3 is 2.88 bits per heavy atom. The molecule has 2 heterocycles. The highest BCUT2D eigenvalue weighted by Crippen LogP contribution is 2.14. The van der Waals surface area contributed by atoms with Crippen LogP contribution in [0.15, 0.2) is 15.8 Å². The van der Waals surface area contributed by atoms with Gasteiger partial charge >= 0.3 is 10.0 Å². The van der Waals surface area contributed by atoms with Crippen LogP contribution in [0.25, 0.3) is 0 Å². The van der Waals surface area contributed by atoms with Crippen LogP contribution in [0.3, 0.4) is 0 Å². The zero-order chi connectivity index (χ0) is 11.8. The number of nitrogens with one attached hydrogen (secondary N) is 1. The van der Waals surface area contributed by atoms with E-state index in [-0.39, 0.29) is 5.16 Å².